The first kappa shape index (κ1) is 12.7. The lowest BCUT2D eigenvalue weighted by Crippen LogP contribution is -2.24. The Balaban J connectivity index is 2.34. The van der Waals surface area contributed by atoms with Gasteiger partial charge in [0.25, 0.3) is 0 Å². The minimum Gasteiger partial charge on any atom is -0.477 e. The largest absolute Gasteiger partial charge is 0.477 e. The lowest BCUT2D eigenvalue weighted by molar-refractivity contribution is -0.120. The SMILES string of the molecule is CNC(=O)CCNCc1ccsc1C(=O)O. The van der Waals surface area contributed by atoms with E-state index < -0.39 is 5.97 Å². The van der Waals surface area contributed by atoms with Crippen LogP contribution in [0.5, 0.6) is 0 Å². The summed E-state index contributed by atoms with van der Waals surface area (Å²) < 4.78 is 0. The molecule has 1 heterocycles. The third-order valence-electron chi connectivity index (χ3n) is 2.06. The fourth-order valence-electron chi connectivity index (χ4n) is 1.21. The summed E-state index contributed by atoms with van der Waals surface area (Å²) in [5.41, 5.74) is 0.759. The third kappa shape index (κ3) is 3.63. The van der Waals surface area contributed by atoms with E-state index in [0.717, 1.165) is 5.56 Å². The zero-order chi connectivity index (χ0) is 12.0. The number of nitrogens with one attached hydrogen (secondary N) is 2. The number of hydrogen-bond donors (Lipinski definition) is 3. The number of hydrogen-bond acceptors (Lipinski definition) is 4. The molecule has 0 radical (unpaired) electrons. The number of carboxylic acids is 1. The molecule has 0 aromatic carbocycles. The average molecular weight is 242 g/mol. The highest BCUT2D eigenvalue weighted by Gasteiger charge is 2.10. The van der Waals surface area contributed by atoms with Gasteiger partial charge >= 0.3 is 5.97 Å². The number of carbonyl (C=O) groups excluding carboxylic acids is 1. The molecule has 1 rings (SSSR count). The maximum Gasteiger partial charge on any atom is 0.346 e. The maximum atomic E-state index is 10.9. The molecule has 16 heavy (non-hydrogen) atoms. The summed E-state index contributed by atoms with van der Waals surface area (Å²) in [7, 11) is 1.59. The molecule has 0 bridgehead atoms. The quantitative estimate of drug-likeness (QED) is 0.641. The molecule has 0 saturated carbocycles. The molecule has 0 unspecified atom stereocenters. The Labute approximate surface area is 97.5 Å². The minimum absolute atomic E-state index is 0.0312. The van der Waals surface area contributed by atoms with E-state index in [1.807, 2.05) is 0 Å². The lowest BCUT2D eigenvalue weighted by Gasteiger charge is -2.03. The van der Waals surface area contributed by atoms with Crippen LogP contribution in [-0.4, -0.2) is 30.6 Å². The first-order chi connectivity index (χ1) is 7.65. The molecule has 0 aliphatic rings. The van der Waals surface area contributed by atoms with Crippen LogP contribution in [-0.2, 0) is 11.3 Å². The molecule has 88 valence electrons. The van der Waals surface area contributed by atoms with Crippen molar-refractivity contribution in [1.29, 1.82) is 0 Å². The molecule has 1 amide bonds. The second-order valence-corrected chi connectivity index (χ2v) is 4.10. The highest BCUT2D eigenvalue weighted by molar-refractivity contribution is 7.12. The third-order valence-corrected chi connectivity index (χ3v) is 3.01. The molecule has 0 fully saturated rings. The fourth-order valence-corrected chi connectivity index (χ4v) is 1.97. The molecular formula is C10H14N2O3S. The van der Waals surface area contributed by atoms with E-state index in [0.29, 0.717) is 24.4 Å². The molecule has 0 aliphatic carbocycles. The zero-order valence-electron chi connectivity index (χ0n) is 8.95. The van der Waals surface area contributed by atoms with Gasteiger partial charge in [-0.1, -0.05) is 0 Å². The molecule has 0 atom stereocenters. The predicted molar refractivity (Wildman–Crippen MR) is 61.7 cm³/mol. The van der Waals surface area contributed by atoms with Crippen LogP contribution >= 0.6 is 11.3 Å². The van der Waals surface area contributed by atoms with Gasteiger partial charge in [0.15, 0.2) is 0 Å². The van der Waals surface area contributed by atoms with Crippen LogP contribution in [0.1, 0.15) is 21.7 Å². The Bertz CT molecular complexity index is 376. The standard InChI is InChI=1S/C10H14N2O3S/c1-11-8(13)2-4-12-6-7-3-5-16-9(7)10(14)15/h3,5,12H,2,4,6H2,1H3,(H,11,13)(H,14,15). The second-order valence-electron chi connectivity index (χ2n) is 3.18. The van der Waals surface area contributed by atoms with E-state index in [9.17, 15) is 9.59 Å². The van der Waals surface area contributed by atoms with Crippen molar-refractivity contribution in [2.24, 2.45) is 0 Å². The van der Waals surface area contributed by atoms with Gasteiger partial charge in [-0.05, 0) is 17.0 Å². The van der Waals surface area contributed by atoms with Crippen LogP contribution in [0.3, 0.4) is 0 Å². The first-order valence-corrected chi connectivity index (χ1v) is 5.74. The van der Waals surface area contributed by atoms with Crippen molar-refractivity contribution >= 4 is 23.2 Å². The van der Waals surface area contributed by atoms with Crippen molar-refractivity contribution in [3.05, 3.63) is 21.9 Å². The van der Waals surface area contributed by atoms with Gasteiger partial charge < -0.3 is 15.7 Å². The number of amides is 1. The first-order valence-electron chi connectivity index (χ1n) is 4.86. The normalized spacial score (nSPS) is 10.1. The van der Waals surface area contributed by atoms with Crippen LogP contribution in [0.2, 0.25) is 0 Å². The minimum atomic E-state index is -0.905. The molecule has 3 N–H and O–H groups in total. The predicted octanol–water partition coefficient (Wildman–Crippen LogP) is 0.672. The van der Waals surface area contributed by atoms with E-state index in [1.165, 1.54) is 11.3 Å². The summed E-state index contributed by atoms with van der Waals surface area (Å²) in [4.78, 5) is 22.0. The molecule has 0 spiro atoms. The van der Waals surface area contributed by atoms with E-state index >= 15 is 0 Å². The summed E-state index contributed by atoms with van der Waals surface area (Å²) in [6, 6.07) is 1.78. The van der Waals surface area contributed by atoms with Gasteiger partial charge in [0, 0.05) is 26.6 Å². The van der Waals surface area contributed by atoms with Gasteiger partial charge in [-0.25, -0.2) is 4.79 Å². The van der Waals surface area contributed by atoms with E-state index in [-0.39, 0.29) is 5.91 Å². The summed E-state index contributed by atoms with van der Waals surface area (Å²) >= 11 is 1.21. The monoisotopic (exact) mass is 242 g/mol. The molecule has 0 aliphatic heterocycles. The Morgan fingerprint density at radius 1 is 1.50 bits per heavy atom. The fraction of sp³-hybridized carbons (Fsp3) is 0.400. The summed E-state index contributed by atoms with van der Waals surface area (Å²) in [6.07, 6.45) is 0.392. The Hall–Kier alpha value is -1.40. The van der Waals surface area contributed by atoms with Gasteiger partial charge in [-0.3, -0.25) is 4.79 Å². The van der Waals surface area contributed by atoms with E-state index in [4.69, 9.17) is 5.11 Å². The van der Waals surface area contributed by atoms with Crippen molar-refractivity contribution in [3.8, 4) is 0 Å². The number of thiophene rings is 1. The highest BCUT2D eigenvalue weighted by atomic mass is 32.1. The van der Waals surface area contributed by atoms with Gasteiger partial charge in [0.1, 0.15) is 4.88 Å². The van der Waals surface area contributed by atoms with Gasteiger partial charge in [0.2, 0.25) is 5.91 Å². The number of aromatic carboxylic acids is 1. The van der Waals surface area contributed by atoms with Crippen molar-refractivity contribution in [2.45, 2.75) is 13.0 Å². The van der Waals surface area contributed by atoms with Crippen LogP contribution < -0.4 is 10.6 Å². The molecule has 5 nitrogen and oxygen atoms in total. The molecule has 6 heteroatoms. The van der Waals surface area contributed by atoms with Crippen LogP contribution in [0.4, 0.5) is 0 Å². The lowest BCUT2D eigenvalue weighted by atomic mass is 10.2. The number of carbonyl (C=O) groups is 2. The van der Waals surface area contributed by atoms with Crippen LogP contribution in [0, 0.1) is 0 Å². The van der Waals surface area contributed by atoms with E-state index in [2.05, 4.69) is 10.6 Å². The number of carboxylic acid groups (broad SMARTS) is 1. The Morgan fingerprint density at radius 3 is 2.88 bits per heavy atom. The molecule has 1 aromatic rings. The van der Waals surface area contributed by atoms with Crippen LogP contribution in [0.25, 0.3) is 0 Å². The Kier molecular flexibility index (Phi) is 4.94. The zero-order valence-corrected chi connectivity index (χ0v) is 9.76. The van der Waals surface area contributed by atoms with Crippen molar-refractivity contribution in [3.63, 3.8) is 0 Å². The van der Waals surface area contributed by atoms with Gasteiger partial charge in [-0.2, -0.15) is 0 Å². The smallest absolute Gasteiger partial charge is 0.346 e. The van der Waals surface area contributed by atoms with E-state index in [1.54, 1.807) is 18.5 Å². The van der Waals surface area contributed by atoms with Crippen molar-refractivity contribution < 1.29 is 14.7 Å². The van der Waals surface area contributed by atoms with Crippen molar-refractivity contribution in [2.75, 3.05) is 13.6 Å². The summed E-state index contributed by atoms with van der Waals surface area (Å²) in [5.74, 6) is -0.936. The topological polar surface area (TPSA) is 78.4 Å². The summed E-state index contributed by atoms with van der Waals surface area (Å²) in [6.45, 7) is 1.01. The van der Waals surface area contributed by atoms with Crippen molar-refractivity contribution in [1.82, 2.24) is 10.6 Å². The van der Waals surface area contributed by atoms with Crippen LogP contribution in [0.15, 0.2) is 11.4 Å². The summed E-state index contributed by atoms with van der Waals surface area (Å²) in [5, 5.41) is 16.2. The molecule has 0 saturated heterocycles. The molecule has 1 aromatic heterocycles. The Morgan fingerprint density at radius 2 is 2.25 bits per heavy atom. The van der Waals surface area contributed by atoms with Gasteiger partial charge in [-0.15, -0.1) is 11.3 Å². The average Bonchev–Trinajstić information content (AvgIpc) is 2.72. The highest BCUT2D eigenvalue weighted by Crippen LogP contribution is 2.16. The molecular weight excluding hydrogens is 228 g/mol. The maximum absolute atomic E-state index is 10.9. The number of rotatable bonds is 6. The second kappa shape index (κ2) is 6.24. The van der Waals surface area contributed by atoms with Gasteiger partial charge in [0.05, 0.1) is 0 Å².